The zero-order valence-electron chi connectivity index (χ0n) is 20.3. The maximum atomic E-state index is 13.0. The molecule has 2 aromatic rings. The van der Waals surface area contributed by atoms with Crippen LogP contribution in [0.4, 0.5) is 0 Å². The van der Waals surface area contributed by atoms with Gasteiger partial charge in [-0.1, -0.05) is 93.1 Å². The van der Waals surface area contributed by atoms with Gasteiger partial charge in [-0.05, 0) is 61.0 Å². The maximum absolute atomic E-state index is 13.0. The number of nitrogens with one attached hydrogen (secondary N) is 1. The molecule has 0 aromatic heterocycles. The molecule has 2 aromatic carbocycles. The molecule has 4 rings (SSSR count). The minimum absolute atomic E-state index is 0.176. The Morgan fingerprint density at radius 1 is 0.912 bits per heavy atom. The quantitative estimate of drug-likeness (QED) is 0.364. The lowest BCUT2D eigenvalue weighted by molar-refractivity contribution is -0.109. The van der Waals surface area contributed by atoms with Crippen molar-refractivity contribution in [3.63, 3.8) is 0 Å². The standard InChI is InChI=1S/C30H38N2O2/c33-23-28(21-25-9-3-1-4-10-25)31-30(34)29-12-6-5-11-27(29)18-17-24-13-15-26(16-14-24)22-32-19-7-2-8-20-32/h5-6,11-18,23,25,28H,1-4,7-10,19-22H2,(H,31,34)/b18-17+. The van der Waals surface area contributed by atoms with Crippen LogP contribution in [0.1, 0.15) is 84.8 Å². The summed E-state index contributed by atoms with van der Waals surface area (Å²) in [5.41, 5.74) is 3.92. The molecule has 1 amide bonds. The van der Waals surface area contributed by atoms with E-state index in [1.54, 1.807) is 0 Å². The highest BCUT2D eigenvalue weighted by Crippen LogP contribution is 2.27. The number of hydrogen-bond acceptors (Lipinski definition) is 3. The Balaban J connectivity index is 1.37. The molecule has 1 aliphatic heterocycles. The summed E-state index contributed by atoms with van der Waals surface area (Å²) < 4.78 is 0. The van der Waals surface area contributed by atoms with Crippen molar-refractivity contribution in [3.8, 4) is 0 Å². The lowest BCUT2D eigenvalue weighted by Crippen LogP contribution is -2.38. The van der Waals surface area contributed by atoms with Crippen molar-refractivity contribution >= 4 is 24.3 Å². The topological polar surface area (TPSA) is 49.4 Å². The van der Waals surface area contributed by atoms with E-state index in [2.05, 4.69) is 40.6 Å². The molecule has 1 saturated carbocycles. The fourth-order valence-corrected chi connectivity index (χ4v) is 5.32. The largest absolute Gasteiger partial charge is 0.343 e. The van der Waals surface area contributed by atoms with Crippen LogP contribution in [0.25, 0.3) is 12.2 Å². The summed E-state index contributed by atoms with van der Waals surface area (Å²) in [7, 11) is 0. The molecule has 1 heterocycles. The maximum Gasteiger partial charge on any atom is 0.252 e. The minimum Gasteiger partial charge on any atom is -0.343 e. The van der Waals surface area contributed by atoms with Gasteiger partial charge in [-0.2, -0.15) is 0 Å². The second kappa shape index (κ2) is 12.7. The number of carbonyl (C=O) groups is 2. The van der Waals surface area contributed by atoms with Gasteiger partial charge in [0.05, 0.1) is 6.04 Å². The van der Waals surface area contributed by atoms with E-state index >= 15 is 0 Å². The fraction of sp³-hybridized carbons (Fsp3) is 0.467. The van der Waals surface area contributed by atoms with Crippen LogP contribution in [0.3, 0.4) is 0 Å². The molecular weight excluding hydrogens is 420 g/mol. The lowest BCUT2D eigenvalue weighted by Gasteiger charge is -2.26. The number of aldehydes is 1. The molecule has 1 atom stereocenters. The van der Waals surface area contributed by atoms with Crippen LogP contribution in [-0.4, -0.2) is 36.2 Å². The highest BCUT2D eigenvalue weighted by molar-refractivity contribution is 5.99. The number of likely N-dealkylation sites (tertiary alicyclic amines) is 1. The van der Waals surface area contributed by atoms with E-state index in [1.165, 1.54) is 57.2 Å². The second-order valence-corrected chi connectivity index (χ2v) is 9.95. The average Bonchev–Trinajstić information content (AvgIpc) is 2.89. The minimum atomic E-state index is -0.417. The Morgan fingerprint density at radius 3 is 2.35 bits per heavy atom. The zero-order chi connectivity index (χ0) is 23.6. The molecule has 1 unspecified atom stereocenters. The Morgan fingerprint density at radius 2 is 1.62 bits per heavy atom. The Labute approximate surface area is 204 Å². The van der Waals surface area contributed by atoms with Crippen molar-refractivity contribution in [2.24, 2.45) is 5.92 Å². The van der Waals surface area contributed by atoms with Gasteiger partial charge in [0.15, 0.2) is 0 Å². The first kappa shape index (κ1) is 24.4. The van der Waals surface area contributed by atoms with Gasteiger partial charge in [-0.15, -0.1) is 0 Å². The van der Waals surface area contributed by atoms with Crippen LogP contribution in [0, 0.1) is 5.92 Å². The molecule has 180 valence electrons. The molecule has 4 heteroatoms. The smallest absolute Gasteiger partial charge is 0.252 e. The molecular formula is C30H38N2O2. The SMILES string of the molecule is O=CC(CC1CCCCC1)NC(=O)c1ccccc1/C=C/c1ccc(CN2CCCCC2)cc1. The molecule has 2 fully saturated rings. The van der Waals surface area contributed by atoms with Crippen molar-refractivity contribution in [1.82, 2.24) is 10.2 Å². The van der Waals surface area contributed by atoms with Gasteiger partial charge in [-0.25, -0.2) is 0 Å². The molecule has 0 bridgehead atoms. The summed E-state index contributed by atoms with van der Waals surface area (Å²) in [6, 6.07) is 15.9. The lowest BCUT2D eigenvalue weighted by atomic mass is 9.85. The third kappa shape index (κ3) is 7.14. The number of benzene rings is 2. The third-order valence-corrected chi connectivity index (χ3v) is 7.29. The molecule has 1 aliphatic carbocycles. The number of nitrogens with zero attached hydrogens (tertiary/aromatic N) is 1. The molecule has 2 aliphatic rings. The van der Waals surface area contributed by atoms with Crippen LogP contribution in [0.5, 0.6) is 0 Å². The van der Waals surface area contributed by atoms with Crippen LogP contribution in [-0.2, 0) is 11.3 Å². The molecule has 0 spiro atoms. The van der Waals surface area contributed by atoms with Crippen molar-refractivity contribution in [3.05, 3.63) is 70.8 Å². The van der Waals surface area contributed by atoms with Gasteiger partial charge in [0.25, 0.3) is 5.91 Å². The first-order valence-electron chi connectivity index (χ1n) is 13.1. The van der Waals surface area contributed by atoms with Crippen LogP contribution in [0.15, 0.2) is 48.5 Å². The molecule has 34 heavy (non-hydrogen) atoms. The van der Waals surface area contributed by atoms with E-state index in [-0.39, 0.29) is 5.91 Å². The highest BCUT2D eigenvalue weighted by Gasteiger charge is 2.21. The molecule has 1 saturated heterocycles. The third-order valence-electron chi connectivity index (χ3n) is 7.29. The molecule has 4 nitrogen and oxygen atoms in total. The van der Waals surface area contributed by atoms with Crippen molar-refractivity contribution < 1.29 is 9.59 Å². The predicted octanol–water partition coefficient (Wildman–Crippen LogP) is 6.11. The summed E-state index contributed by atoms with van der Waals surface area (Å²) in [4.78, 5) is 27.2. The van der Waals surface area contributed by atoms with Crippen LogP contribution in [0.2, 0.25) is 0 Å². The Kier molecular flexibility index (Phi) is 9.09. The van der Waals surface area contributed by atoms with Crippen molar-refractivity contribution in [1.29, 1.82) is 0 Å². The van der Waals surface area contributed by atoms with Gasteiger partial charge >= 0.3 is 0 Å². The van der Waals surface area contributed by atoms with E-state index in [0.29, 0.717) is 11.5 Å². The van der Waals surface area contributed by atoms with E-state index < -0.39 is 6.04 Å². The summed E-state index contributed by atoms with van der Waals surface area (Å²) in [5.74, 6) is 0.363. The highest BCUT2D eigenvalue weighted by atomic mass is 16.2. The van der Waals surface area contributed by atoms with E-state index in [4.69, 9.17) is 0 Å². The zero-order valence-corrected chi connectivity index (χ0v) is 20.3. The van der Waals surface area contributed by atoms with Gasteiger partial charge in [0, 0.05) is 12.1 Å². The molecule has 1 N–H and O–H groups in total. The Bertz CT molecular complexity index is 954. The van der Waals surface area contributed by atoms with Gasteiger partial charge in [-0.3, -0.25) is 9.69 Å². The van der Waals surface area contributed by atoms with Crippen molar-refractivity contribution in [2.75, 3.05) is 13.1 Å². The van der Waals surface area contributed by atoms with Gasteiger partial charge in [0.1, 0.15) is 6.29 Å². The number of amides is 1. The van der Waals surface area contributed by atoms with Gasteiger partial charge in [0.2, 0.25) is 0 Å². The fourth-order valence-electron chi connectivity index (χ4n) is 5.32. The van der Waals surface area contributed by atoms with Gasteiger partial charge < -0.3 is 10.1 Å². The first-order valence-corrected chi connectivity index (χ1v) is 13.1. The number of rotatable bonds is 9. The summed E-state index contributed by atoms with van der Waals surface area (Å²) in [6.07, 6.45) is 15.7. The number of carbonyl (C=O) groups excluding carboxylic acids is 2. The summed E-state index contributed by atoms with van der Waals surface area (Å²) in [5, 5.41) is 2.97. The normalized spacial score (nSPS) is 18.6. The second-order valence-electron chi connectivity index (χ2n) is 9.95. The number of hydrogen-bond donors (Lipinski definition) is 1. The van der Waals surface area contributed by atoms with E-state index in [1.807, 2.05) is 30.3 Å². The average molecular weight is 459 g/mol. The predicted molar refractivity (Wildman–Crippen MR) is 139 cm³/mol. The van der Waals surface area contributed by atoms with Crippen LogP contribution >= 0.6 is 0 Å². The van der Waals surface area contributed by atoms with E-state index in [9.17, 15) is 9.59 Å². The van der Waals surface area contributed by atoms with E-state index in [0.717, 1.165) is 43.2 Å². The Hall–Kier alpha value is -2.72. The monoisotopic (exact) mass is 458 g/mol. The molecule has 0 radical (unpaired) electrons. The van der Waals surface area contributed by atoms with Crippen LogP contribution < -0.4 is 5.32 Å². The summed E-state index contributed by atoms with van der Waals surface area (Å²) >= 11 is 0. The number of piperidine rings is 1. The first-order chi connectivity index (χ1) is 16.7. The van der Waals surface area contributed by atoms with Crippen molar-refractivity contribution in [2.45, 2.75) is 70.4 Å². The summed E-state index contributed by atoms with van der Waals surface area (Å²) in [6.45, 7) is 3.42.